The molecule has 0 aliphatic heterocycles. The molecule has 6 nitrogen and oxygen atoms in total. The van der Waals surface area contributed by atoms with Gasteiger partial charge in [-0.05, 0) is 18.2 Å². The Morgan fingerprint density at radius 1 is 1.09 bits per heavy atom. The van der Waals surface area contributed by atoms with Gasteiger partial charge in [-0.15, -0.1) is 0 Å². The average Bonchev–Trinajstić information content (AvgIpc) is 3.21. The van der Waals surface area contributed by atoms with Crippen LogP contribution in [-0.2, 0) is 0 Å². The Morgan fingerprint density at radius 3 is 2.77 bits per heavy atom. The number of aromatic amines is 1. The van der Waals surface area contributed by atoms with Gasteiger partial charge >= 0.3 is 0 Å². The predicted octanol–water partition coefficient (Wildman–Crippen LogP) is 2.68. The number of rotatable bonds is 2. The standard InChI is InChI=1S/C16H10N6/c17-8-14-12(6-7-22(14)11-4-2-1-3-5-11)15-13-9-20-21-16(13)19-10-18-15/h1-7,9-10H,(H,18,19,20,21). The van der Waals surface area contributed by atoms with Gasteiger partial charge in [0.1, 0.15) is 18.1 Å². The van der Waals surface area contributed by atoms with Crippen LogP contribution in [0, 0.1) is 11.3 Å². The minimum Gasteiger partial charge on any atom is -0.308 e. The number of aromatic nitrogens is 5. The third kappa shape index (κ3) is 1.77. The van der Waals surface area contributed by atoms with Crippen molar-refractivity contribution >= 4 is 11.0 Å². The number of hydrogen-bond donors (Lipinski definition) is 1. The largest absolute Gasteiger partial charge is 0.308 e. The van der Waals surface area contributed by atoms with Gasteiger partial charge in [0.2, 0.25) is 0 Å². The molecular weight excluding hydrogens is 276 g/mol. The number of para-hydroxylation sites is 1. The van der Waals surface area contributed by atoms with Gasteiger partial charge in [0, 0.05) is 17.4 Å². The van der Waals surface area contributed by atoms with Gasteiger partial charge in [-0.2, -0.15) is 10.4 Å². The summed E-state index contributed by atoms with van der Waals surface area (Å²) in [5.41, 5.74) is 3.58. The fourth-order valence-electron chi connectivity index (χ4n) is 2.52. The van der Waals surface area contributed by atoms with Gasteiger partial charge in [0.25, 0.3) is 0 Å². The molecule has 6 heteroatoms. The number of fused-ring (bicyclic) bond motifs is 1. The number of nitriles is 1. The molecular formula is C16H10N6. The first-order valence-electron chi connectivity index (χ1n) is 6.70. The summed E-state index contributed by atoms with van der Waals surface area (Å²) in [6, 6.07) is 13.9. The Balaban J connectivity index is 1.96. The van der Waals surface area contributed by atoms with E-state index in [0.29, 0.717) is 17.0 Å². The summed E-state index contributed by atoms with van der Waals surface area (Å²) in [6.07, 6.45) is 5.01. The van der Waals surface area contributed by atoms with Gasteiger partial charge in [-0.25, -0.2) is 9.97 Å². The van der Waals surface area contributed by atoms with Crippen LogP contribution in [0.1, 0.15) is 5.69 Å². The van der Waals surface area contributed by atoms with Crippen molar-refractivity contribution in [3.8, 4) is 23.0 Å². The highest BCUT2D eigenvalue weighted by atomic mass is 15.1. The van der Waals surface area contributed by atoms with Crippen molar-refractivity contribution in [1.29, 1.82) is 5.26 Å². The van der Waals surface area contributed by atoms with E-state index in [1.165, 1.54) is 6.33 Å². The van der Waals surface area contributed by atoms with E-state index in [1.807, 2.05) is 47.2 Å². The molecule has 0 fully saturated rings. The van der Waals surface area contributed by atoms with Gasteiger partial charge < -0.3 is 4.57 Å². The first-order valence-corrected chi connectivity index (χ1v) is 6.70. The first kappa shape index (κ1) is 12.3. The summed E-state index contributed by atoms with van der Waals surface area (Å²) >= 11 is 0. The van der Waals surface area contributed by atoms with E-state index < -0.39 is 0 Å². The van der Waals surface area contributed by atoms with Crippen molar-refractivity contribution in [2.75, 3.05) is 0 Å². The van der Waals surface area contributed by atoms with Crippen LogP contribution in [0.15, 0.2) is 55.1 Å². The molecule has 1 N–H and O–H groups in total. The monoisotopic (exact) mass is 286 g/mol. The normalized spacial score (nSPS) is 10.7. The van der Waals surface area contributed by atoms with Crippen LogP contribution in [0.4, 0.5) is 0 Å². The predicted molar refractivity (Wildman–Crippen MR) is 81.2 cm³/mol. The van der Waals surface area contributed by atoms with E-state index >= 15 is 0 Å². The van der Waals surface area contributed by atoms with Crippen LogP contribution in [0.5, 0.6) is 0 Å². The Labute approximate surface area is 125 Å². The molecule has 0 aliphatic carbocycles. The molecule has 1 aromatic carbocycles. The number of H-pyrrole nitrogens is 1. The smallest absolute Gasteiger partial charge is 0.159 e. The average molecular weight is 286 g/mol. The Morgan fingerprint density at radius 2 is 1.95 bits per heavy atom. The molecule has 104 valence electrons. The number of benzene rings is 1. The van der Waals surface area contributed by atoms with Gasteiger partial charge in [0.05, 0.1) is 17.3 Å². The SMILES string of the molecule is N#Cc1c(-c2ncnc3[nH]ncc23)ccn1-c1ccccc1. The summed E-state index contributed by atoms with van der Waals surface area (Å²) in [7, 11) is 0. The number of nitrogens with zero attached hydrogens (tertiary/aromatic N) is 5. The molecule has 22 heavy (non-hydrogen) atoms. The van der Waals surface area contributed by atoms with Gasteiger partial charge in [-0.3, -0.25) is 5.10 Å². The van der Waals surface area contributed by atoms with Crippen molar-refractivity contribution in [2.24, 2.45) is 0 Å². The molecule has 0 atom stereocenters. The van der Waals surface area contributed by atoms with E-state index in [1.54, 1.807) is 6.20 Å². The summed E-state index contributed by atoms with van der Waals surface area (Å²) in [4.78, 5) is 8.46. The van der Waals surface area contributed by atoms with E-state index in [-0.39, 0.29) is 0 Å². The van der Waals surface area contributed by atoms with Crippen LogP contribution in [0.25, 0.3) is 28.0 Å². The van der Waals surface area contributed by atoms with Gasteiger partial charge in [-0.1, -0.05) is 18.2 Å². The van der Waals surface area contributed by atoms with Crippen LogP contribution in [0.2, 0.25) is 0 Å². The maximum absolute atomic E-state index is 9.60. The highest BCUT2D eigenvalue weighted by Crippen LogP contribution is 2.29. The molecule has 3 aromatic heterocycles. The van der Waals surface area contributed by atoms with Crippen molar-refractivity contribution < 1.29 is 0 Å². The second-order valence-corrected chi connectivity index (χ2v) is 4.75. The van der Waals surface area contributed by atoms with Crippen molar-refractivity contribution in [1.82, 2.24) is 24.7 Å². The molecule has 0 unspecified atom stereocenters. The zero-order valence-electron chi connectivity index (χ0n) is 11.4. The fraction of sp³-hybridized carbons (Fsp3) is 0. The lowest BCUT2D eigenvalue weighted by atomic mass is 10.1. The topological polar surface area (TPSA) is 83.2 Å². The maximum atomic E-state index is 9.60. The zero-order chi connectivity index (χ0) is 14.9. The van der Waals surface area contributed by atoms with Crippen LogP contribution < -0.4 is 0 Å². The van der Waals surface area contributed by atoms with Crippen LogP contribution >= 0.6 is 0 Å². The molecule has 0 spiro atoms. The third-order valence-corrected chi connectivity index (χ3v) is 3.53. The number of hydrogen-bond acceptors (Lipinski definition) is 4. The molecule has 4 aromatic rings. The molecule has 0 saturated carbocycles. The minimum absolute atomic E-state index is 0.535. The van der Waals surface area contributed by atoms with Gasteiger partial charge in [0.15, 0.2) is 5.65 Å². The first-order chi connectivity index (χ1) is 10.9. The lowest BCUT2D eigenvalue weighted by molar-refractivity contribution is 1.05. The maximum Gasteiger partial charge on any atom is 0.159 e. The number of nitrogens with one attached hydrogen (secondary N) is 1. The highest BCUT2D eigenvalue weighted by molar-refractivity contribution is 5.91. The van der Waals surface area contributed by atoms with Crippen molar-refractivity contribution in [3.05, 3.63) is 60.8 Å². The van der Waals surface area contributed by atoms with E-state index in [9.17, 15) is 5.26 Å². The van der Waals surface area contributed by atoms with E-state index in [0.717, 1.165) is 16.6 Å². The van der Waals surface area contributed by atoms with Crippen molar-refractivity contribution in [3.63, 3.8) is 0 Å². The van der Waals surface area contributed by atoms with Crippen molar-refractivity contribution in [2.45, 2.75) is 0 Å². The van der Waals surface area contributed by atoms with Crippen LogP contribution in [0.3, 0.4) is 0 Å². The summed E-state index contributed by atoms with van der Waals surface area (Å²) in [5, 5.41) is 17.2. The molecule has 4 rings (SSSR count). The molecule has 0 bridgehead atoms. The summed E-state index contributed by atoms with van der Waals surface area (Å²) in [5.74, 6) is 0. The molecule has 0 aliphatic rings. The molecule has 0 radical (unpaired) electrons. The Kier molecular flexibility index (Phi) is 2.70. The summed E-state index contributed by atoms with van der Waals surface area (Å²) in [6.45, 7) is 0. The second-order valence-electron chi connectivity index (χ2n) is 4.75. The third-order valence-electron chi connectivity index (χ3n) is 3.53. The van der Waals surface area contributed by atoms with E-state index in [2.05, 4.69) is 26.2 Å². The second kappa shape index (κ2) is 4.82. The fourth-order valence-corrected chi connectivity index (χ4v) is 2.52. The molecule has 0 amide bonds. The lowest BCUT2D eigenvalue weighted by Crippen LogP contribution is -1.96. The quantitative estimate of drug-likeness (QED) is 0.614. The Hall–Kier alpha value is -3.46. The molecule has 0 saturated heterocycles. The minimum atomic E-state index is 0.535. The van der Waals surface area contributed by atoms with Crippen LogP contribution in [-0.4, -0.2) is 24.7 Å². The molecule has 3 heterocycles. The highest BCUT2D eigenvalue weighted by Gasteiger charge is 2.16. The summed E-state index contributed by atoms with van der Waals surface area (Å²) < 4.78 is 1.85. The lowest BCUT2D eigenvalue weighted by Gasteiger charge is -2.05. The van der Waals surface area contributed by atoms with E-state index in [4.69, 9.17) is 0 Å². The Bertz CT molecular complexity index is 990. The zero-order valence-corrected chi connectivity index (χ0v) is 11.4.